The third kappa shape index (κ3) is 3.75. The molecule has 0 saturated carbocycles. The number of nitrogens with one attached hydrogen (secondary N) is 1. The third-order valence-electron chi connectivity index (χ3n) is 2.79. The van der Waals surface area contributed by atoms with E-state index in [1.54, 1.807) is 12.3 Å². The van der Waals surface area contributed by atoms with Gasteiger partial charge >= 0.3 is 0 Å². The van der Waals surface area contributed by atoms with E-state index in [0.29, 0.717) is 12.4 Å². The first kappa shape index (κ1) is 14.0. The number of ether oxygens (including phenoxy) is 1. The van der Waals surface area contributed by atoms with Gasteiger partial charge in [-0.25, -0.2) is 9.37 Å². The molecule has 0 aliphatic carbocycles. The molecule has 0 amide bonds. The maximum atomic E-state index is 13.3. The molecule has 102 valence electrons. The van der Waals surface area contributed by atoms with E-state index in [2.05, 4.69) is 10.3 Å². The van der Waals surface area contributed by atoms with Gasteiger partial charge in [-0.05, 0) is 19.5 Å². The fraction of sp³-hybridized carbons (Fsp3) is 0.357. The van der Waals surface area contributed by atoms with Crippen molar-refractivity contribution in [3.8, 4) is 5.75 Å². The minimum Gasteiger partial charge on any atom is -0.486 e. The Morgan fingerprint density at radius 2 is 2.32 bits per heavy atom. The van der Waals surface area contributed by atoms with Crippen LogP contribution < -0.4 is 10.1 Å². The molecule has 0 fully saturated rings. The van der Waals surface area contributed by atoms with E-state index >= 15 is 0 Å². The Balaban J connectivity index is 2.14. The lowest BCUT2D eigenvalue weighted by Gasteiger charge is -2.17. The number of hydrogen-bond acceptors (Lipinski definition) is 4. The predicted molar refractivity (Wildman–Crippen MR) is 74.9 cm³/mol. The van der Waals surface area contributed by atoms with E-state index in [1.807, 2.05) is 19.2 Å². The summed E-state index contributed by atoms with van der Waals surface area (Å²) in [5.74, 6) is 0.283. The SMILES string of the molecule is CCNC(C)c1ccc(F)cc1OCc1nccs1. The molecule has 0 aliphatic rings. The Bertz CT molecular complexity index is 516. The Morgan fingerprint density at radius 3 is 3.00 bits per heavy atom. The summed E-state index contributed by atoms with van der Waals surface area (Å²) in [7, 11) is 0. The molecule has 1 aromatic carbocycles. The molecule has 0 saturated heterocycles. The highest BCUT2D eigenvalue weighted by molar-refractivity contribution is 7.09. The molecule has 1 aromatic heterocycles. The maximum Gasteiger partial charge on any atom is 0.140 e. The van der Waals surface area contributed by atoms with Crippen molar-refractivity contribution in [1.82, 2.24) is 10.3 Å². The summed E-state index contributed by atoms with van der Waals surface area (Å²) < 4.78 is 19.0. The Hall–Kier alpha value is -1.46. The van der Waals surface area contributed by atoms with Crippen molar-refractivity contribution in [3.63, 3.8) is 0 Å². The molecule has 1 N–H and O–H groups in total. The average molecular weight is 280 g/mol. The standard InChI is InChI=1S/C14H17FN2OS/c1-3-16-10(2)12-5-4-11(15)8-13(12)18-9-14-17-6-7-19-14/h4-8,10,16H,3,9H2,1-2H3. The van der Waals surface area contributed by atoms with Crippen LogP contribution in [0.25, 0.3) is 0 Å². The van der Waals surface area contributed by atoms with E-state index in [0.717, 1.165) is 17.1 Å². The van der Waals surface area contributed by atoms with Crippen LogP contribution in [-0.2, 0) is 6.61 Å². The minimum atomic E-state index is -0.290. The van der Waals surface area contributed by atoms with Gasteiger partial charge in [0.15, 0.2) is 0 Å². The topological polar surface area (TPSA) is 34.1 Å². The zero-order valence-corrected chi connectivity index (χ0v) is 11.8. The van der Waals surface area contributed by atoms with E-state index < -0.39 is 0 Å². The van der Waals surface area contributed by atoms with Gasteiger partial charge in [0.2, 0.25) is 0 Å². The molecule has 2 aromatic rings. The molecule has 1 unspecified atom stereocenters. The van der Waals surface area contributed by atoms with Gasteiger partial charge in [-0.2, -0.15) is 0 Å². The number of rotatable bonds is 6. The fourth-order valence-electron chi connectivity index (χ4n) is 1.87. The van der Waals surface area contributed by atoms with Crippen molar-refractivity contribution in [2.24, 2.45) is 0 Å². The van der Waals surface area contributed by atoms with Crippen molar-refractivity contribution in [2.75, 3.05) is 6.54 Å². The number of benzene rings is 1. The van der Waals surface area contributed by atoms with Crippen LogP contribution in [0.15, 0.2) is 29.8 Å². The average Bonchev–Trinajstić information content (AvgIpc) is 2.89. The summed E-state index contributed by atoms with van der Waals surface area (Å²) in [6, 6.07) is 4.77. The van der Waals surface area contributed by atoms with E-state index in [-0.39, 0.29) is 11.9 Å². The lowest BCUT2D eigenvalue weighted by atomic mass is 10.1. The fourth-order valence-corrected chi connectivity index (χ4v) is 2.40. The minimum absolute atomic E-state index is 0.122. The number of halogens is 1. The quantitative estimate of drug-likeness (QED) is 0.879. The maximum absolute atomic E-state index is 13.3. The number of thiazole rings is 1. The second-order valence-electron chi connectivity index (χ2n) is 4.18. The molecule has 19 heavy (non-hydrogen) atoms. The van der Waals surface area contributed by atoms with Crippen molar-refractivity contribution in [3.05, 3.63) is 46.2 Å². The first-order valence-electron chi connectivity index (χ1n) is 6.24. The Morgan fingerprint density at radius 1 is 1.47 bits per heavy atom. The van der Waals surface area contributed by atoms with Crippen molar-refractivity contribution < 1.29 is 9.13 Å². The zero-order valence-electron chi connectivity index (χ0n) is 11.0. The van der Waals surface area contributed by atoms with Gasteiger partial charge in [-0.1, -0.05) is 13.0 Å². The van der Waals surface area contributed by atoms with Crippen LogP contribution in [0.5, 0.6) is 5.75 Å². The van der Waals surface area contributed by atoms with E-state index in [1.165, 1.54) is 23.5 Å². The van der Waals surface area contributed by atoms with Gasteiger partial charge in [0.05, 0.1) is 0 Å². The number of hydrogen-bond donors (Lipinski definition) is 1. The van der Waals surface area contributed by atoms with Gasteiger partial charge in [0, 0.05) is 29.2 Å². The van der Waals surface area contributed by atoms with Crippen LogP contribution in [-0.4, -0.2) is 11.5 Å². The number of aromatic nitrogens is 1. The molecule has 1 atom stereocenters. The molecule has 0 aliphatic heterocycles. The molecular weight excluding hydrogens is 263 g/mol. The molecule has 0 radical (unpaired) electrons. The smallest absolute Gasteiger partial charge is 0.140 e. The summed E-state index contributed by atoms with van der Waals surface area (Å²) in [6.07, 6.45) is 1.73. The Labute approximate surface area is 116 Å². The normalized spacial score (nSPS) is 12.4. The van der Waals surface area contributed by atoms with Gasteiger partial charge in [0.25, 0.3) is 0 Å². The highest BCUT2D eigenvalue weighted by Gasteiger charge is 2.12. The van der Waals surface area contributed by atoms with E-state index in [9.17, 15) is 4.39 Å². The van der Waals surface area contributed by atoms with Gasteiger partial charge in [0.1, 0.15) is 23.2 Å². The molecule has 2 rings (SSSR count). The molecule has 0 bridgehead atoms. The summed E-state index contributed by atoms with van der Waals surface area (Å²) in [5, 5.41) is 6.08. The second kappa shape index (κ2) is 6.63. The summed E-state index contributed by atoms with van der Waals surface area (Å²) in [6.45, 7) is 5.29. The van der Waals surface area contributed by atoms with Gasteiger partial charge < -0.3 is 10.1 Å². The van der Waals surface area contributed by atoms with Crippen LogP contribution in [0.3, 0.4) is 0 Å². The van der Waals surface area contributed by atoms with Gasteiger partial charge in [-0.3, -0.25) is 0 Å². The first-order valence-corrected chi connectivity index (χ1v) is 7.12. The summed E-state index contributed by atoms with van der Waals surface area (Å²) >= 11 is 1.53. The molecule has 5 heteroatoms. The van der Waals surface area contributed by atoms with Crippen LogP contribution >= 0.6 is 11.3 Å². The summed E-state index contributed by atoms with van der Waals surface area (Å²) in [5.41, 5.74) is 0.958. The van der Waals surface area contributed by atoms with Crippen LogP contribution in [0.2, 0.25) is 0 Å². The zero-order chi connectivity index (χ0) is 13.7. The molecule has 3 nitrogen and oxygen atoms in total. The van der Waals surface area contributed by atoms with Crippen LogP contribution in [0, 0.1) is 5.82 Å². The van der Waals surface area contributed by atoms with E-state index in [4.69, 9.17) is 4.74 Å². The lowest BCUT2D eigenvalue weighted by molar-refractivity contribution is 0.297. The largest absolute Gasteiger partial charge is 0.486 e. The first-order chi connectivity index (χ1) is 9.20. The third-order valence-corrected chi connectivity index (χ3v) is 3.54. The molecule has 1 heterocycles. The predicted octanol–water partition coefficient (Wildman–Crippen LogP) is 3.53. The van der Waals surface area contributed by atoms with Crippen LogP contribution in [0.4, 0.5) is 4.39 Å². The van der Waals surface area contributed by atoms with Crippen molar-refractivity contribution in [1.29, 1.82) is 0 Å². The highest BCUT2D eigenvalue weighted by atomic mass is 32.1. The monoisotopic (exact) mass is 280 g/mol. The van der Waals surface area contributed by atoms with Gasteiger partial charge in [-0.15, -0.1) is 11.3 Å². The Kier molecular flexibility index (Phi) is 4.87. The highest BCUT2D eigenvalue weighted by Crippen LogP contribution is 2.27. The number of nitrogens with zero attached hydrogens (tertiary/aromatic N) is 1. The molecular formula is C14H17FN2OS. The van der Waals surface area contributed by atoms with Crippen molar-refractivity contribution in [2.45, 2.75) is 26.5 Å². The lowest BCUT2D eigenvalue weighted by Crippen LogP contribution is -2.18. The second-order valence-corrected chi connectivity index (χ2v) is 5.16. The van der Waals surface area contributed by atoms with Crippen LogP contribution in [0.1, 0.15) is 30.5 Å². The summed E-state index contributed by atoms with van der Waals surface area (Å²) in [4.78, 5) is 4.15. The van der Waals surface area contributed by atoms with Crippen molar-refractivity contribution >= 4 is 11.3 Å². The molecule has 0 spiro atoms.